The first-order valence-corrected chi connectivity index (χ1v) is 12.9. The second-order valence-electron chi connectivity index (χ2n) is 9.43. The van der Waals surface area contributed by atoms with Crippen LogP contribution in [-0.4, -0.2) is 36.2 Å². The van der Waals surface area contributed by atoms with E-state index < -0.39 is 5.60 Å². The predicted octanol–water partition coefficient (Wildman–Crippen LogP) is 6.90. The van der Waals surface area contributed by atoms with E-state index in [1.807, 2.05) is 12.1 Å². The maximum absolute atomic E-state index is 12.4. The number of ether oxygens (including phenoxy) is 1. The molecule has 3 nitrogen and oxygen atoms in total. The second kappa shape index (κ2) is 13.0. The van der Waals surface area contributed by atoms with Crippen molar-refractivity contribution in [2.45, 2.75) is 83.2 Å². The van der Waals surface area contributed by atoms with E-state index in [9.17, 15) is 5.11 Å². The number of piperidine rings is 1. The molecule has 1 aliphatic rings. The Balaban J connectivity index is 1.92. The Labute approximate surface area is 195 Å². The molecule has 0 saturated carbocycles. The Hall–Kier alpha value is -1.84. The van der Waals surface area contributed by atoms with Gasteiger partial charge in [0.15, 0.2) is 0 Å². The fourth-order valence-corrected chi connectivity index (χ4v) is 5.02. The van der Waals surface area contributed by atoms with Crippen LogP contribution < -0.4 is 4.74 Å². The van der Waals surface area contributed by atoms with E-state index in [-0.39, 0.29) is 5.92 Å². The third-order valence-electron chi connectivity index (χ3n) is 6.91. The molecular weight excluding hydrogens is 394 g/mol. The van der Waals surface area contributed by atoms with E-state index in [2.05, 4.69) is 61.2 Å². The summed E-state index contributed by atoms with van der Waals surface area (Å²) in [6, 6.07) is 18.9. The lowest BCUT2D eigenvalue weighted by molar-refractivity contribution is -0.0167. The molecular formula is C29H43NO2. The summed E-state index contributed by atoms with van der Waals surface area (Å²) in [6.45, 7) is 8.27. The molecule has 1 heterocycles. The van der Waals surface area contributed by atoms with E-state index in [4.69, 9.17) is 4.74 Å². The van der Waals surface area contributed by atoms with Crippen molar-refractivity contribution in [2.24, 2.45) is 0 Å². The molecule has 0 unspecified atom stereocenters. The minimum absolute atomic E-state index is 0.0471. The maximum atomic E-state index is 12.4. The zero-order chi connectivity index (χ0) is 22.7. The zero-order valence-corrected chi connectivity index (χ0v) is 20.3. The van der Waals surface area contributed by atoms with Gasteiger partial charge in [-0.15, -0.1) is 0 Å². The Morgan fingerprint density at radius 3 is 2.25 bits per heavy atom. The molecule has 1 fully saturated rings. The first kappa shape index (κ1) is 24.8. The Morgan fingerprint density at radius 1 is 0.875 bits per heavy atom. The summed E-state index contributed by atoms with van der Waals surface area (Å²) in [5.41, 5.74) is 1.36. The second-order valence-corrected chi connectivity index (χ2v) is 9.43. The van der Waals surface area contributed by atoms with Crippen molar-refractivity contribution in [2.75, 3.05) is 26.2 Å². The molecule has 1 N–H and O–H groups in total. The van der Waals surface area contributed by atoms with E-state index >= 15 is 0 Å². The quantitative estimate of drug-likeness (QED) is 0.346. The van der Waals surface area contributed by atoms with Gasteiger partial charge in [0, 0.05) is 12.5 Å². The fraction of sp³-hybridized carbons (Fsp3) is 0.586. The van der Waals surface area contributed by atoms with Crippen LogP contribution in [0.25, 0.3) is 0 Å². The average molecular weight is 438 g/mol. The number of likely N-dealkylation sites (tertiary alicyclic amines) is 1. The van der Waals surface area contributed by atoms with Gasteiger partial charge in [-0.25, -0.2) is 0 Å². The third-order valence-corrected chi connectivity index (χ3v) is 6.91. The van der Waals surface area contributed by atoms with Gasteiger partial charge in [0.25, 0.3) is 0 Å². The van der Waals surface area contributed by atoms with Crippen LogP contribution in [0.3, 0.4) is 0 Å². The van der Waals surface area contributed by atoms with E-state index in [1.54, 1.807) is 0 Å². The standard InChI is InChI=1S/C29H43NO2/c1-3-5-6-11-20-29(31,26-16-18-27(19-17-26)32-23-4-2)28(25-14-9-7-10-15-25)24-30-21-12-8-13-22-30/h7,9-10,14-19,28,31H,3-6,8,11-13,20-24H2,1-2H3/t28-,29-/m0/s1. The van der Waals surface area contributed by atoms with Crippen LogP contribution in [-0.2, 0) is 5.60 Å². The van der Waals surface area contributed by atoms with Gasteiger partial charge in [0.2, 0.25) is 0 Å². The van der Waals surface area contributed by atoms with Crippen molar-refractivity contribution in [3.63, 3.8) is 0 Å². The number of rotatable bonds is 13. The molecule has 0 spiro atoms. The van der Waals surface area contributed by atoms with Gasteiger partial charge in [0.05, 0.1) is 12.2 Å². The van der Waals surface area contributed by atoms with Crippen molar-refractivity contribution in [3.05, 3.63) is 65.7 Å². The lowest BCUT2D eigenvalue weighted by atomic mass is 9.73. The number of hydrogen-bond acceptors (Lipinski definition) is 3. The van der Waals surface area contributed by atoms with Crippen LogP contribution in [0.2, 0.25) is 0 Å². The van der Waals surface area contributed by atoms with E-state index in [0.717, 1.165) is 56.8 Å². The summed E-state index contributed by atoms with van der Waals surface area (Å²) in [6.07, 6.45) is 10.3. The van der Waals surface area contributed by atoms with Crippen molar-refractivity contribution in [1.82, 2.24) is 4.90 Å². The van der Waals surface area contributed by atoms with Crippen LogP contribution in [0.5, 0.6) is 5.75 Å². The van der Waals surface area contributed by atoms with Crippen molar-refractivity contribution >= 4 is 0 Å². The normalized spacial score (nSPS) is 17.6. The number of benzene rings is 2. The van der Waals surface area contributed by atoms with Crippen molar-refractivity contribution in [1.29, 1.82) is 0 Å². The molecule has 3 heteroatoms. The molecule has 2 aromatic rings. The van der Waals surface area contributed by atoms with Gasteiger partial charge in [-0.1, -0.05) is 88.4 Å². The van der Waals surface area contributed by atoms with Gasteiger partial charge < -0.3 is 14.7 Å². The monoisotopic (exact) mass is 437 g/mol. The van der Waals surface area contributed by atoms with Crippen LogP contribution >= 0.6 is 0 Å². The summed E-state index contributed by atoms with van der Waals surface area (Å²) in [4.78, 5) is 2.57. The summed E-state index contributed by atoms with van der Waals surface area (Å²) >= 11 is 0. The Bertz CT molecular complexity index is 754. The molecule has 32 heavy (non-hydrogen) atoms. The van der Waals surface area contributed by atoms with E-state index in [0.29, 0.717) is 0 Å². The minimum Gasteiger partial charge on any atom is -0.494 e. The predicted molar refractivity (Wildman–Crippen MR) is 134 cm³/mol. The number of nitrogens with zero attached hydrogens (tertiary/aromatic N) is 1. The summed E-state index contributed by atoms with van der Waals surface area (Å²) in [7, 11) is 0. The average Bonchev–Trinajstić information content (AvgIpc) is 2.85. The molecule has 2 aromatic carbocycles. The molecule has 0 aromatic heterocycles. The first-order chi connectivity index (χ1) is 15.7. The molecule has 176 valence electrons. The smallest absolute Gasteiger partial charge is 0.119 e. The summed E-state index contributed by atoms with van der Waals surface area (Å²) in [5, 5.41) is 12.4. The van der Waals surface area contributed by atoms with Crippen LogP contribution in [0, 0.1) is 0 Å². The van der Waals surface area contributed by atoms with Crippen LogP contribution in [0.15, 0.2) is 54.6 Å². The molecule has 0 aliphatic carbocycles. The van der Waals surface area contributed by atoms with Crippen molar-refractivity contribution in [3.8, 4) is 5.75 Å². The molecule has 2 atom stereocenters. The number of unbranched alkanes of at least 4 members (excludes halogenated alkanes) is 3. The van der Waals surface area contributed by atoms with Gasteiger partial charge >= 0.3 is 0 Å². The minimum atomic E-state index is -0.893. The number of aliphatic hydroxyl groups is 1. The lowest BCUT2D eigenvalue weighted by Gasteiger charge is -2.41. The molecule has 1 saturated heterocycles. The molecule has 1 aliphatic heterocycles. The highest BCUT2D eigenvalue weighted by molar-refractivity contribution is 5.35. The summed E-state index contributed by atoms with van der Waals surface area (Å²) in [5.74, 6) is 0.932. The highest BCUT2D eigenvalue weighted by Crippen LogP contribution is 2.42. The van der Waals surface area contributed by atoms with Crippen LogP contribution in [0.4, 0.5) is 0 Å². The molecule has 0 radical (unpaired) electrons. The molecule has 0 bridgehead atoms. The van der Waals surface area contributed by atoms with Crippen LogP contribution in [0.1, 0.15) is 88.7 Å². The van der Waals surface area contributed by atoms with E-state index in [1.165, 1.54) is 44.1 Å². The third kappa shape index (κ3) is 6.83. The first-order valence-electron chi connectivity index (χ1n) is 12.9. The Kier molecular flexibility index (Phi) is 10.1. The lowest BCUT2D eigenvalue weighted by Crippen LogP contribution is -2.42. The van der Waals surface area contributed by atoms with Gasteiger partial charge in [-0.2, -0.15) is 0 Å². The highest BCUT2D eigenvalue weighted by atomic mass is 16.5. The van der Waals surface area contributed by atoms with Gasteiger partial charge in [-0.3, -0.25) is 0 Å². The molecule has 3 rings (SSSR count). The van der Waals surface area contributed by atoms with Crippen molar-refractivity contribution < 1.29 is 9.84 Å². The SMILES string of the molecule is CCCCCC[C@](O)(c1ccc(OCCC)cc1)[C@@H](CN1CCCCC1)c1ccccc1. The summed E-state index contributed by atoms with van der Waals surface area (Å²) < 4.78 is 5.81. The maximum Gasteiger partial charge on any atom is 0.119 e. The highest BCUT2D eigenvalue weighted by Gasteiger charge is 2.40. The fourth-order valence-electron chi connectivity index (χ4n) is 5.02. The Morgan fingerprint density at radius 2 is 1.59 bits per heavy atom. The molecule has 0 amide bonds. The number of hydrogen-bond donors (Lipinski definition) is 1. The zero-order valence-electron chi connectivity index (χ0n) is 20.3. The largest absolute Gasteiger partial charge is 0.494 e. The van der Waals surface area contributed by atoms with Gasteiger partial charge in [0.1, 0.15) is 5.75 Å². The van der Waals surface area contributed by atoms with Gasteiger partial charge in [-0.05, 0) is 62.0 Å². The topological polar surface area (TPSA) is 32.7 Å².